The molecule has 4 aromatic rings. The van der Waals surface area contributed by atoms with Crippen molar-refractivity contribution in [2.75, 3.05) is 18.0 Å². The summed E-state index contributed by atoms with van der Waals surface area (Å²) >= 11 is 0. The number of alkyl halides is 4. The van der Waals surface area contributed by atoms with E-state index in [1.165, 1.54) is 23.0 Å². The van der Waals surface area contributed by atoms with E-state index in [1.54, 1.807) is 36.0 Å². The number of benzene rings is 2. The summed E-state index contributed by atoms with van der Waals surface area (Å²) in [6.07, 6.45) is 3.07. The molecule has 0 bridgehead atoms. The third-order valence-electron chi connectivity index (χ3n) is 5.80. The third kappa shape index (κ3) is 3.64. The van der Waals surface area contributed by atoms with Crippen LogP contribution in [0.5, 0.6) is 0 Å². The van der Waals surface area contributed by atoms with Gasteiger partial charge in [-0.2, -0.15) is 27.8 Å². The van der Waals surface area contributed by atoms with Crippen molar-refractivity contribution in [2.45, 2.75) is 18.8 Å². The molecular weight excluding hydrogens is 450 g/mol. The topological polar surface area (TPSA) is 56.0 Å². The first kappa shape index (κ1) is 21.9. The zero-order valence-electron chi connectivity index (χ0n) is 18.0. The highest BCUT2D eigenvalue weighted by Crippen LogP contribution is 2.42. The fourth-order valence-corrected chi connectivity index (χ4v) is 4.02. The van der Waals surface area contributed by atoms with Gasteiger partial charge in [-0.1, -0.05) is 18.2 Å². The molecule has 3 heterocycles. The molecule has 2 aromatic carbocycles. The molecule has 0 N–H and O–H groups in total. The molecule has 2 aromatic heterocycles. The number of nitrogens with zero attached hydrogens (tertiary/aromatic N) is 5. The Hall–Kier alpha value is -3.95. The van der Waals surface area contributed by atoms with Crippen LogP contribution in [-0.2, 0) is 0 Å². The van der Waals surface area contributed by atoms with E-state index in [0.29, 0.717) is 16.9 Å². The highest BCUT2D eigenvalue weighted by molar-refractivity contribution is 5.59. The minimum absolute atomic E-state index is 0.172. The average molecular weight is 469 g/mol. The summed E-state index contributed by atoms with van der Waals surface area (Å²) in [5.74, 6) is -8.17. The molecule has 6 nitrogen and oxygen atoms in total. The van der Waals surface area contributed by atoms with Gasteiger partial charge < -0.3 is 4.90 Å². The molecule has 0 saturated carbocycles. The van der Waals surface area contributed by atoms with Gasteiger partial charge in [0.1, 0.15) is 0 Å². The van der Waals surface area contributed by atoms with Gasteiger partial charge in [0, 0.05) is 18.0 Å². The van der Waals surface area contributed by atoms with Gasteiger partial charge in [-0.25, -0.2) is 9.36 Å². The van der Waals surface area contributed by atoms with Crippen molar-refractivity contribution in [3.63, 3.8) is 0 Å². The molecule has 0 radical (unpaired) electrons. The van der Waals surface area contributed by atoms with Crippen LogP contribution >= 0.6 is 0 Å². The van der Waals surface area contributed by atoms with E-state index in [4.69, 9.17) is 0 Å². The van der Waals surface area contributed by atoms with E-state index in [2.05, 4.69) is 10.2 Å². The van der Waals surface area contributed by atoms with Crippen LogP contribution in [0.3, 0.4) is 0 Å². The second kappa shape index (κ2) is 7.82. The van der Waals surface area contributed by atoms with Crippen LogP contribution in [0.15, 0.2) is 77.9 Å². The Balaban J connectivity index is 1.51. The summed E-state index contributed by atoms with van der Waals surface area (Å²) in [5, 5.41) is 8.80. The largest absolute Gasteiger partial charge is 0.359 e. The minimum Gasteiger partial charge on any atom is -0.359 e. The van der Waals surface area contributed by atoms with Crippen molar-refractivity contribution in [2.24, 2.45) is 0 Å². The van der Waals surface area contributed by atoms with Crippen LogP contribution in [0.2, 0.25) is 0 Å². The Morgan fingerprint density at radius 3 is 2.26 bits per heavy atom. The first-order chi connectivity index (χ1) is 16.2. The lowest BCUT2D eigenvalue weighted by atomic mass is 10.1. The lowest BCUT2D eigenvalue weighted by Gasteiger charge is -2.19. The van der Waals surface area contributed by atoms with Crippen LogP contribution in [0.4, 0.5) is 23.2 Å². The van der Waals surface area contributed by atoms with Gasteiger partial charge in [-0.15, -0.1) is 0 Å². The fourth-order valence-electron chi connectivity index (χ4n) is 4.02. The van der Waals surface area contributed by atoms with E-state index >= 15 is 0 Å². The van der Waals surface area contributed by atoms with Gasteiger partial charge >= 0.3 is 11.8 Å². The van der Waals surface area contributed by atoms with E-state index in [0.717, 1.165) is 10.6 Å². The molecule has 5 rings (SSSR count). The third-order valence-corrected chi connectivity index (χ3v) is 5.80. The summed E-state index contributed by atoms with van der Waals surface area (Å²) in [4.78, 5) is 13.6. The molecule has 1 saturated heterocycles. The van der Waals surface area contributed by atoms with Crippen molar-refractivity contribution in [1.29, 1.82) is 0 Å². The molecule has 0 atom stereocenters. The predicted octanol–water partition coefficient (Wildman–Crippen LogP) is 4.48. The van der Waals surface area contributed by atoms with E-state index in [9.17, 15) is 22.4 Å². The number of hydrogen-bond donors (Lipinski definition) is 0. The molecule has 1 fully saturated rings. The Kier molecular flexibility index (Phi) is 5.03. The Morgan fingerprint density at radius 2 is 1.59 bits per heavy atom. The smallest absolute Gasteiger partial charge is 0.329 e. The summed E-state index contributed by atoms with van der Waals surface area (Å²) in [5.41, 5.74) is 2.60. The molecule has 0 aliphatic carbocycles. The molecule has 10 heteroatoms. The minimum atomic E-state index is -4.09. The Bertz CT molecular complexity index is 1400. The number of halogens is 4. The number of anilines is 1. The molecule has 174 valence electrons. The normalized spacial score (nSPS) is 16.7. The standard InChI is InChI=1S/C24H19F4N5O/c1-16-13-18(31-14-23(25,26)24(27,28)15-31)7-8-19(16)32-12-10-21(34)22(30-32)20-9-11-29-33(20)17-5-3-2-4-6-17/h2-13H,14-15H2,1H3. The maximum absolute atomic E-state index is 13.6. The molecule has 1 aliphatic rings. The van der Waals surface area contributed by atoms with Crippen molar-refractivity contribution >= 4 is 5.69 Å². The van der Waals surface area contributed by atoms with Gasteiger partial charge in [0.25, 0.3) is 0 Å². The van der Waals surface area contributed by atoms with Crippen LogP contribution in [0.25, 0.3) is 22.8 Å². The SMILES string of the molecule is Cc1cc(N2CC(F)(F)C(F)(F)C2)ccc1-n1ccc(=O)c(-c2ccnn2-c2ccccc2)n1. The second-order valence-electron chi connectivity index (χ2n) is 8.17. The first-order valence-electron chi connectivity index (χ1n) is 10.5. The number of rotatable bonds is 4. The molecule has 0 spiro atoms. The maximum atomic E-state index is 13.6. The van der Waals surface area contributed by atoms with Crippen molar-refractivity contribution < 1.29 is 17.6 Å². The van der Waals surface area contributed by atoms with E-state index in [1.807, 2.05) is 30.3 Å². The number of aryl methyl sites for hydroxylation is 1. The van der Waals surface area contributed by atoms with Gasteiger partial charge in [-0.05, 0) is 48.9 Å². The van der Waals surface area contributed by atoms with Gasteiger partial charge in [-0.3, -0.25) is 4.79 Å². The summed E-state index contributed by atoms with van der Waals surface area (Å²) < 4.78 is 57.6. The Labute approximate surface area is 191 Å². The lowest BCUT2D eigenvalue weighted by Crippen LogP contribution is -2.38. The maximum Gasteiger partial charge on any atom is 0.329 e. The van der Waals surface area contributed by atoms with Crippen molar-refractivity contribution in [1.82, 2.24) is 19.6 Å². The second-order valence-corrected chi connectivity index (χ2v) is 8.17. The lowest BCUT2D eigenvalue weighted by molar-refractivity contribution is -0.172. The first-order valence-corrected chi connectivity index (χ1v) is 10.5. The van der Waals surface area contributed by atoms with Crippen molar-refractivity contribution in [3.8, 4) is 22.8 Å². The molecule has 34 heavy (non-hydrogen) atoms. The molecule has 1 aliphatic heterocycles. The highest BCUT2D eigenvalue weighted by Gasteiger charge is 2.62. The van der Waals surface area contributed by atoms with Gasteiger partial charge in [0.2, 0.25) is 5.43 Å². The van der Waals surface area contributed by atoms with Gasteiger partial charge in [0.15, 0.2) is 5.69 Å². The fraction of sp³-hybridized carbons (Fsp3) is 0.208. The predicted molar refractivity (Wildman–Crippen MR) is 119 cm³/mol. The van der Waals surface area contributed by atoms with Crippen LogP contribution < -0.4 is 10.3 Å². The molecule has 0 unspecified atom stereocenters. The van der Waals surface area contributed by atoms with Crippen LogP contribution in [-0.4, -0.2) is 44.5 Å². The Morgan fingerprint density at radius 1 is 0.882 bits per heavy atom. The summed E-state index contributed by atoms with van der Waals surface area (Å²) in [7, 11) is 0. The van der Waals surface area contributed by atoms with Crippen molar-refractivity contribution in [3.05, 3.63) is 88.8 Å². The number of hydrogen-bond acceptors (Lipinski definition) is 4. The summed E-state index contributed by atoms with van der Waals surface area (Å²) in [6, 6.07) is 17.0. The zero-order valence-corrected chi connectivity index (χ0v) is 18.0. The zero-order chi connectivity index (χ0) is 24.1. The highest BCUT2D eigenvalue weighted by atomic mass is 19.3. The number of para-hydroxylation sites is 1. The average Bonchev–Trinajstić information content (AvgIpc) is 3.37. The summed E-state index contributed by atoms with van der Waals surface area (Å²) in [6.45, 7) is -0.385. The monoisotopic (exact) mass is 469 g/mol. The van der Waals surface area contributed by atoms with E-state index < -0.39 is 24.9 Å². The number of aromatic nitrogens is 4. The van der Waals surface area contributed by atoms with Crippen LogP contribution in [0.1, 0.15) is 5.56 Å². The molecule has 0 amide bonds. The van der Waals surface area contributed by atoms with Crippen LogP contribution in [0, 0.1) is 6.92 Å². The molecular formula is C24H19F4N5O. The van der Waals surface area contributed by atoms with E-state index in [-0.39, 0.29) is 16.8 Å². The van der Waals surface area contributed by atoms with Gasteiger partial charge in [0.05, 0.1) is 36.4 Å². The quantitative estimate of drug-likeness (QED) is 0.414.